The highest BCUT2D eigenvalue weighted by Crippen LogP contribution is 2.56. The molecule has 1 fully saturated rings. The van der Waals surface area contributed by atoms with E-state index in [-0.39, 0.29) is 22.8 Å². The minimum absolute atomic E-state index is 0.113. The standard InChI is InChI=1S/C21H20O6/c1-11(2)9-15-18-14(10-16(22)19(15)25-4)17(23)20-21(26-18,27-20)12-5-7-13(24-3)8-6-12/h5-10,20,22H,1-4H3. The molecule has 1 saturated heterocycles. The third-order valence-corrected chi connectivity index (χ3v) is 4.72. The number of benzene rings is 2. The minimum Gasteiger partial charge on any atom is -0.504 e. The molecular weight excluding hydrogens is 348 g/mol. The van der Waals surface area contributed by atoms with Crippen LogP contribution < -0.4 is 14.2 Å². The third kappa shape index (κ3) is 2.56. The van der Waals surface area contributed by atoms with Gasteiger partial charge >= 0.3 is 0 Å². The maximum Gasteiger partial charge on any atom is 0.272 e. The van der Waals surface area contributed by atoms with Gasteiger partial charge in [0.25, 0.3) is 5.79 Å². The lowest BCUT2D eigenvalue weighted by atomic mass is 9.93. The number of hydrogen-bond acceptors (Lipinski definition) is 6. The van der Waals surface area contributed by atoms with Crippen molar-refractivity contribution in [3.8, 4) is 23.0 Å². The molecule has 27 heavy (non-hydrogen) atoms. The Morgan fingerprint density at radius 1 is 1.19 bits per heavy atom. The van der Waals surface area contributed by atoms with Crippen LogP contribution in [0.1, 0.15) is 35.3 Å². The van der Waals surface area contributed by atoms with E-state index in [0.29, 0.717) is 17.1 Å². The van der Waals surface area contributed by atoms with Crippen LogP contribution in [0.4, 0.5) is 0 Å². The Balaban J connectivity index is 1.87. The predicted molar refractivity (Wildman–Crippen MR) is 98.5 cm³/mol. The van der Waals surface area contributed by atoms with E-state index >= 15 is 0 Å². The molecule has 0 bridgehead atoms. The zero-order valence-corrected chi connectivity index (χ0v) is 15.5. The number of ketones is 1. The van der Waals surface area contributed by atoms with Gasteiger partial charge in [-0.05, 0) is 50.3 Å². The number of aromatic hydroxyl groups is 1. The van der Waals surface area contributed by atoms with Crippen LogP contribution in [-0.4, -0.2) is 31.2 Å². The molecule has 0 aromatic heterocycles. The first kappa shape index (κ1) is 17.4. The predicted octanol–water partition coefficient (Wildman–Crippen LogP) is 3.66. The van der Waals surface area contributed by atoms with Crippen LogP contribution >= 0.6 is 0 Å². The van der Waals surface area contributed by atoms with Gasteiger partial charge in [-0.1, -0.05) is 5.57 Å². The molecule has 1 N–H and O–H groups in total. The number of Topliss-reactive ketones (excluding diaryl/α,β-unsaturated/α-hetero) is 1. The summed E-state index contributed by atoms with van der Waals surface area (Å²) < 4.78 is 22.5. The van der Waals surface area contributed by atoms with Crippen molar-refractivity contribution < 1.29 is 28.8 Å². The molecule has 2 unspecified atom stereocenters. The van der Waals surface area contributed by atoms with Crippen molar-refractivity contribution >= 4 is 11.9 Å². The first-order valence-corrected chi connectivity index (χ1v) is 8.55. The summed E-state index contributed by atoms with van der Waals surface area (Å²) in [7, 11) is 3.05. The number of hydrogen-bond donors (Lipinski definition) is 1. The second kappa shape index (κ2) is 6.03. The number of methoxy groups -OCH3 is 2. The molecule has 2 aliphatic rings. The summed E-state index contributed by atoms with van der Waals surface area (Å²) in [5.41, 5.74) is 2.49. The van der Waals surface area contributed by atoms with E-state index in [1.54, 1.807) is 19.2 Å². The summed E-state index contributed by atoms with van der Waals surface area (Å²) in [6.45, 7) is 3.83. The van der Waals surface area contributed by atoms with Gasteiger partial charge in [0.2, 0.25) is 5.78 Å². The van der Waals surface area contributed by atoms with E-state index in [4.69, 9.17) is 18.9 Å². The van der Waals surface area contributed by atoms with Gasteiger partial charge in [0.15, 0.2) is 17.6 Å². The molecular formula is C21H20O6. The highest BCUT2D eigenvalue weighted by atomic mass is 16.8. The number of allylic oxidation sites excluding steroid dienone is 1. The lowest BCUT2D eigenvalue weighted by Gasteiger charge is -2.25. The highest BCUT2D eigenvalue weighted by molar-refractivity contribution is 6.07. The van der Waals surface area contributed by atoms with Gasteiger partial charge in [0, 0.05) is 5.56 Å². The lowest BCUT2D eigenvalue weighted by molar-refractivity contribution is 0.0565. The van der Waals surface area contributed by atoms with E-state index in [2.05, 4.69) is 0 Å². The Labute approximate surface area is 156 Å². The summed E-state index contributed by atoms with van der Waals surface area (Å²) in [6.07, 6.45) is 1.07. The zero-order valence-electron chi connectivity index (χ0n) is 15.5. The molecule has 0 saturated carbocycles. The van der Waals surface area contributed by atoms with Crippen LogP contribution in [0.15, 0.2) is 35.9 Å². The van der Waals surface area contributed by atoms with Crippen molar-refractivity contribution in [2.45, 2.75) is 25.7 Å². The number of phenols is 1. The molecule has 2 heterocycles. The van der Waals surface area contributed by atoms with Crippen LogP contribution in [0.5, 0.6) is 23.0 Å². The number of phenolic OH excluding ortho intramolecular Hbond substituents is 1. The van der Waals surface area contributed by atoms with Crippen molar-refractivity contribution in [1.82, 2.24) is 0 Å². The number of rotatable bonds is 4. The van der Waals surface area contributed by atoms with Gasteiger partial charge in [-0.15, -0.1) is 0 Å². The normalized spacial score (nSPS) is 22.2. The van der Waals surface area contributed by atoms with E-state index in [0.717, 1.165) is 11.1 Å². The molecule has 140 valence electrons. The van der Waals surface area contributed by atoms with Gasteiger partial charge in [0.1, 0.15) is 11.5 Å². The summed E-state index contributed by atoms with van der Waals surface area (Å²) in [6, 6.07) is 8.59. The molecule has 2 atom stereocenters. The average molecular weight is 368 g/mol. The molecule has 0 aliphatic carbocycles. The van der Waals surface area contributed by atoms with Crippen LogP contribution in [0.25, 0.3) is 6.08 Å². The molecule has 2 aromatic carbocycles. The second-order valence-corrected chi connectivity index (χ2v) is 6.80. The SMILES string of the molecule is COc1ccc(C23Oc4c(cc(O)c(OC)c4C=C(C)C)C(=O)C2O3)cc1. The Bertz CT molecular complexity index is 956. The van der Waals surface area contributed by atoms with Crippen molar-refractivity contribution in [1.29, 1.82) is 0 Å². The van der Waals surface area contributed by atoms with Crippen LogP contribution in [-0.2, 0) is 10.5 Å². The fraction of sp³-hybridized carbons (Fsp3) is 0.286. The van der Waals surface area contributed by atoms with Crippen molar-refractivity contribution in [2.24, 2.45) is 0 Å². The van der Waals surface area contributed by atoms with Crippen molar-refractivity contribution in [3.63, 3.8) is 0 Å². The van der Waals surface area contributed by atoms with Crippen molar-refractivity contribution in [3.05, 3.63) is 52.6 Å². The second-order valence-electron chi connectivity index (χ2n) is 6.80. The maximum atomic E-state index is 12.9. The Morgan fingerprint density at radius 2 is 1.89 bits per heavy atom. The molecule has 4 rings (SSSR count). The average Bonchev–Trinajstić information content (AvgIpc) is 3.39. The monoisotopic (exact) mass is 368 g/mol. The lowest BCUT2D eigenvalue weighted by Crippen LogP contribution is -2.31. The molecule has 6 nitrogen and oxygen atoms in total. The van der Waals surface area contributed by atoms with Crippen molar-refractivity contribution in [2.75, 3.05) is 14.2 Å². The number of carbonyl (C=O) groups is 1. The minimum atomic E-state index is -1.16. The Morgan fingerprint density at radius 3 is 2.48 bits per heavy atom. The number of epoxide rings is 1. The third-order valence-electron chi connectivity index (χ3n) is 4.72. The molecule has 2 aliphatic heterocycles. The summed E-state index contributed by atoms with van der Waals surface area (Å²) >= 11 is 0. The van der Waals surface area contributed by atoms with Crippen LogP contribution in [0, 0.1) is 0 Å². The highest BCUT2D eigenvalue weighted by Gasteiger charge is 2.68. The first-order valence-electron chi connectivity index (χ1n) is 8.55. The summed E-state index contributed by atoms with van der Waals surface area (Å²) in [5, 5.41) is 10.3. The number of ether oxygens (including phenoxy) is 4. The maximum absolute atomic E-state index is 12.9. The van der Waals surface area contributed by atoms with Gasteiger partial charge < -0.3 is 24.1 Å². The van der Waals surface area contributed by atoms with Gasteiger partial charge in [-0.2, -0.15) is 0 Å². The summed E-state index contributed by atoms with van der Waals surface area (Å²) in [4.78, 5) is 12.9. The molecule has 0 amide bonds. The van der Waals surface area contributed by atoms with Crippen LogP contribution in [0.2, 0.25) is 0 Å². The van der Waals surface area contributed by atoms with E-state index < -0.39 is 11.9 Å². The fourth-order valence-electron chi connectivity index (χ4n) is 3.42. The zero-order chi connectivity index (χ0) is 19.3. The fourth-order valence-corrected chi connectivity index (χ4v) is 3.42. The van der Waals surface area contributed by atoms with Gasteiger partial charge in [0.05, 0.1) is 25.3 Å². The molecule has 0 radical (unpaired) electrons. The van der Waals surface area contributed by atoms with E-state index in [9.17, 15) is 9.90 Å². The molecule has 2 aromatic rings. The van der Waals surface area contributed by atoms with E-state index in [1.807, 2.05) is 32.1 Å². The summed E-state index contributed by atoms with van der Waals surface area (Å²) in [5.74, 6) is -0.201. The quantitative estimate of drug-likeness (QED) is 0.830. The molecule has 0 spiro atoms. The molecule has 6 heteroatoms. The first-order chi connectivity index (χ1) is 12.9. The van der Waals surface area contributed by atoms with E-state index in [1.165, 1.54) is 13.2 Å². The Hall–Kier alpha value is -2.99. The largest absolute Gasteiger partial charge is 0.504 e. The Kier molecular flexibility index (Phi) is 3.89. The van der Waals surface area contributed by atoms with Crippen LogP contribution in [0.3, 0.4) is 0 Å². The number of carbonyl (C=O) groups excluding carboxylic acids is 1. The topological polar surface area (TPSA) is 77.5 Å². The smallest absolute Gasteiger partial charge is 0.272 e. The number of fused-ring (bicyclic) bond motifs is 2. The van der Waals surface area contributed by atoms with Gasteiger partial charge in [-0.25, -0.2) is 0 Å². The van der Waals surface area contributed by atoms with Gasteiger partial charge in [-0.3, -0.25) is 4.79 Å².